The minimum atomic E-state index is 0.600. The van der Waals surface area contributed by atoms with E-state index in [1.54, 1.807) is 0 Å². The Bertz CT molecular complexity index is 7310. The van der Waals surface area contributed by atoms with E-state index in [9.17, 15) is 0 Å². The van der Waals surface area contributed by atoms with Gasteiger partial charge in [-0.25, -0.2) is 29.9 Å². The Hall–Kier alpha value is -16.0. The van der Waals surface area contributed by atoms with Gasteiger partial charge in [0.1, 0.15) is 22.3 Å². The minimum absolute atomic E-state index is 0.600. The van der Waals surface area contributed by atoms with Gasteiger partial charge in [-0.3, -0.25) is 0 Å². The van der Waals surface area contributed by atoms with E-state index in [2.05, 4.69) is 303 Å². The highest BCUT2D eigenvalue weighted by molar-refractivity contribution is 7.26. The van der Waals surface area contributed by atoms with Gasteiger partial charge in [-0.05, 0) is 222 Å². The van der Waals surface area contributed by atoms with Crippen LogP contribution in [0.5, 0.6) is 0 Å². The molecule has 580 valence electrons. The standard InChI is InChI=1S/C57H35N3O2.C57H35N3S2/c2*1-3-13-36(14-4-1)55-58-56(37-15-5-2-6-16-37)60-57(59-55)46-32-44(40-19-11-17-38(29-40)42-25-27-53-49(34-42)47-21-7-9-23-51(47)61-53)31-45(33-46)41-20-12-18-39(30-41)43-26-28-54-50(35-43)48-22-8-10-24-52(48)62-54/h2*1-35H. The Morgan fingerprint density at radius 1 is 0.129 bits per heavy atom. The van der Waals surface area contributed by atoms with Gasteiger partial charge < -0.3 is 8.83 Å². The van der Waals surface area contributed by atoms with Crippen LogP contribution < -0.4 is 0 Å². The second-order valence-electron chi connectivity index (χ2n) is 31.2. The third-order valence-electron chi connectivity index (χ3n) is 23.4. The topological polar surface area (TPSA) is 104 Å². The van der Waals surface area contributed by atoms with Crippen LogP contribution in [0.2, 0.25) is 0 Å². The van der Waals surface area contributed by atoms with E-state index in [0.29, 0.717) is 34.9 Å². The van der Waals surface area contributed by atoms with Gasteiger partial charge in [-0.15, -0.1) is 22.7 Å². The van der Waals surface area contributed by atoms with E-state index in [4.69, 9.17) is 38.7 Å². The van der Waals surface area contributed by atoms with Crippen molar-refractivity contribution in [2.45, 2.75) is 0 Å². The zero-order valence-corrected chi connectivity index (χ0v) is 68.4. The van der Waals surface area contributed by atoms with Crippen LogP contribution in [0.1, 0.15) is 0 Å². The fraction of sp³-hybridized carbons (Fsp3) is 0. The summed E-state index contributed by atoms with van der Waals surface area (Å²) in [6.07, 6.45) is 0. The Labute approximate surface area is 722 Å². The van der Waals surface area contributed by atoms with E-state index in [-0.39, 0.29) is 0 Å². The molecular weight excluding hydrogens is 1550 g/mol. The quantitative estimate of drug-likeness (QED) is 0.106. The number of nitrogens with zero attached hydrogens (tertiary/aromatic N) is 6. The summed E-state index contributed by atoms with van der Waals surface area (Å²) in [5.41, 5.74) is 26.9. The van der Waals surface area contributed by atoms with Gasteiger partial charge in [0.15, 0.2) is 34.9 Å². The van der Waals surface area contributed by atoms with Crippen LogP contribution in [0, 0.1) is 0 Å². The average molecular weight is 1620 g/mol. The third-order valence-corrected chi connectivity index (χ3v) is 25.7. The zero-order valence-electron chi connectivity index (χ0n) is 66.7. The summed E-state index contributed by atoms with van der Waals surface area (Å²) in [5, 5.41) is 9.62. The second-order valence-corrected chi connectivity index (χ2v) is 33.4. The highest BCUT2D eigenvalue weighted by atomic mass is 32.1. The molecule has 0 radical (unpaired) electrons. The summed E-state index contributed by atoms with van der Waals surface area (Å²) in [7, 11) is 0. The largest absolute Gasteiger partial charge is 0.456 e. The molecule has 0 unspecified atom stereocenters. The number of para-hydroxylation sites is 2. The smallest absolute Gasteiger partial charge is 0.164 e. The fourth-order valence-electron chi connectivity index (χ4n) is 17.2. The zero-order chi connectivity index (χ0) is 82.0. The number of fused-ring (bicyclic) bond motifs is 12. The van der Waals surface area contributed by atoms with Gasteiger partial charge in [0, 0.05) is 95.3 Å². The van der Waals surface area contributed by atoms with Gasteiger partial charge >= 0.3 is 0 Å². The lowest BCUT2D eigenvalue weighted by molar-refractivity contribution is 0.668. The predicted molar refractivity (Wildman–Crippen MR) is 516 cm³/mol. The summed E-state index contributed by atoms with van der Waals surface area (Å²) >= 11 is 3.70. The summed E-state index contributed by atoms with van der Waals surface area (Å²) in [6.45, 7) is 0. The molecule has 0 fully saturated rings. The molecule has 0 saturated heterocycles. The van der Waals surface area contributed by atoms with Crippen molar-refractivity contribution in [1.29, 1.82) is 0 Å². The molecule has 0 spiro atoms. The molecular formula is C114H70N6O2S2. The summed E-state index contributed by atoms with van der Waals surface area (Å²) < 4.78 is 17.6. The molecule has 0 aliphatic carbocycles. The molecule has 10 heteroatoms. The number of benzene rings is 18. The fourth-order valence-corrected chi connectivity index (χ4v) is 19.4. The van der Waals surface area contributed by atoms with E-state index >= 15 is 0 Å². The molecule has 24 rings (SSSR count). The van der Waals surface area contributed by atoms with Crippen molar-refractivity contribution >= 4 is 107 Å². The van der Waals surface area contributed by atoms with Gasteiger partial charge in [-0.1, -0.05) is 291 Å². The second kappa shape index (κ2) is 31.3. The number of hydrogen-bond donors (Lipinski definition) is 0. The normalized spacial score (nSPS) is 11.5. The molecule has 0 aliphatic rings. The number of aromatic nitrogens is 6. The van der Waals surface area contributed by atoms with Gasteiger partial charge in [0.25, 0.3) is 0 Å². The summed E-state index contributed by atoms with van der Waals surface area (Å²) in [5.74, 6) is 3.74. The molecule has 6 aromatic heterocycles. The minimum Gasteiger partial charge on any atom is -0.456 e. The van der Waals surface area contributed by atoms with Crippen LogP contribution >= 0.6 is 22.7 Å². The predicted octanol–water partition coefficient (Wildman–Crippen LogP) is 31.6. The van der Waals surface area contributed by atoms with Crippen molar-refractivity contribution < 1.29 is 8.83 Å². The van der Waals surface area contributed by atoms with Gasteiger partial charge in [-0.2, -0.15) is 0 Å². The van der Waals surface area contributed by atoms with Gasteiger partial charge in [0.05, 0.1) is 0 Å². The third kappa shape index (κ3) is 14.1. The number of hydrogen-bond acceptors (Lipinski definition) is 10. The lowest BCUT2D eigenvalue weighted by Gasteiger charge is -2.14. The highest BCUT2D eigenvalue weighted by Crippen LogP contribution is 2.45. The molecule has 0 bridgehead atoms. The van der Waals surface area contributed by atoms with Crippen LogP contribution in [-0.4, -0.2) is 29.9 Å². The molecule has 0 N–H and O–H groups in total. The molecule has 6 heterocycles. The lowest BCUT2D eigenvalue weighted by Crippen LogP contribution is -2.00. The Morgan fingerprint density at radius 3 is 0.661 bits per heavy atom. The molecule has 24 aromatic rings. The van der Waals surface area contributed by atoms with Crippen molar-refractivity contribution in [3.63, 3.8) is 0 Å². The van der Waals surface area contributed by atoms with Crippen LogP contribution in [0.25, 0.3) is 242 Å². The van der Waals surface area contributed by atoms with E-state index < -0.39 is 0 Å². The van der Waals surface area contributed by atoms with Crippen molar-refractivity contribution in [1.82, 2.24) is 29.9 Å². The van der Waals surface area contributed by atoms with Crippen molar-refractivity contribution in [2.24, 2.45) is 0 Å². The first-order chi connectivity index (χ1) is 61.3. The maximum atomic E-state index is 6.17. The first kappa shape index (κ1) is 73.2. The maximum absolute atomic E-state index is 6.17. The van der Waals surface area contributed by atoms with Crippen LogP contribution in [0.4, 0.5) is 0 Å². The molecule has 0 amide bonds. The number of furan rings is 2. The lowest BCUT2D eigenvalue weighted by atomic mass is 9.92. The van der Waals surface area contributed by atoms with E-state index in [1.807, 2.05) is 144 Å². The molecule has 18 aromatic carbocycles. The molecule has 124 heavy (non-hydrogen) atoms. The first-order valence-corrected chi connectivity index (χ1v) is 43.1. The number of thiophene rings is 2. The average Bonchev–Trinajstić information content (AvgIpc) is 1.32. The molecule has 0 atom stereocenters. The molecule has 8 nitrogen and oxygen atoms in total. The van der Waals surface area contributed by atoms with E-state index in [0.717, 1.165) is 144 Å². The van der Waals surface area contributed by atoms with Crippen molar-refractivity contribution in [3.8, 4) is 157 Å². The summed E-state index contributed by atoms with van der Waals surface area (Å²) in [4.78, 5) is 30.7. The van der Waals surface area contributed by atoms with Crippen LogP contribution in [0.15, 0.2) is 433 Å². The van der Waals surface area contributed by atoms with E-state index in [1.165, 1.54) is 62.6 Å². The Kier molecular flexibility index (Phi) is 18.5. The molecule has 0 aliphatic heterocycles. The number of rotatable bonds is 14. The SMILES string of the molecule is c1ccc(-c2nc(-c3ccccc3)nc(-c3cc(-c4cccc(-c5ccc6oc7ccccc7c6c5)c4)cc(-c4cccc(-c5ccc6oc7ccccc7c6c5)c4)c3)n2)cc1.c1ccc(-c2nc(-c3ccccc3)nc(-c3cc(-c4cccc(-c5ccc6sc7ccccc7c6c5)c4)cc(-c4cccc(-c5ccc6sc7ccccc7c6c5)c4)c3)n2)cc1. The van der Waals surface area contributed by atoms with Crippen molar-refractivity contribution in [2.75, 3.05) is 0 Å². The van der Waals surface area contributed by atoms with Crippen LogP contribution in [0.3, 0.4) is 0 Å². The Morgan fingerprint density at radius 2 is 0.339 bits per heavy atom. The van der Waals surface area contributed by atoms with Crippen molar-refractivity contribution in [3.05, 3.63) is 425 Å². The first-order valence-electron chi connectivity index (χ1n) is 41.5. The summed E-state index contributed by atoms with van der Waals surface area (Å²) in [6, 6.07) is 150. The highest BCUT2D eigenvalue weighted by Gasteiger charge is 2.21. The van der Waals surface area contributed by atoms with Crippen LogP contribution in [-0.2, 0) is 0 Å². The monoisotopic (exact) mass is 1620 g/mol. The van der Waals surface area contributed by atoms with Gasteiger partial charge in [0.2, 0.25) is 0 Å². The molecule has 0 saturated carbocycles. The Balaban J connectivity index is 0.000000143. The maximum Gasteiger partial charge on any atom is 0.164 e.